The zero-order chi connectivity index (χ0) is 29.5. The molecule has 45 heavy (non-hydrogen) atoms. The van der Waals surface area contributed by atoms with Gasteiger partial charge in [0, 0.05) is 43.7 Å². The average molecular weight is 575 g/mol. The van der Waals surface area contributed by atoms with Gasteiger partial charge < -0.3 is 13.6 Å². The molecule has 3 nitrogen and oxygen atoms in total. The van der Waals surface area contributed by atoms with Crippen LogP contribution in [0.3, 0.4) is 0 Å². The molecule has 10 aromatic rings. The van der Waals surface area contributed by atoms with Crippen LogP contribution >= 0.6 is 0 Å². The average Bonchev–Trinajstić information content (AvgIpc) is 3.75. The molecule has 3 aromatic heterocycles. The van der Waals surface area contributed by atoms with E-state index in [1.165, 1.54) is 60.1 Å². The predicted octanol–water partition coefficient (Wildman–Crippen LogP) is 11.4. The molecule has 0 saturated heterocycles. The van der Waals surface area contributed by atoms with Crippen molar-refractivity contribution in [3.8, 4) is 22.5 Å². The first-order valence-electron chi connectivity index (χ1n) is 15.4. The first-order chi connectivity index (χ1) is 22.3. The van der Waals surface area contributed by atoms with Crippen LogP contribution in [-0.4, -0.2) is 9.13 Å². The highest BCUT2D eigenvalue weighted by Gasteiger charge is 2.21. The quantitative estimate of drug-likeness (QED) is 0.206. The van der Waals surface area contributed by atoms with Crippen molar-refractivity contribution in [2.75, 3.05) is 0 Å². The molecule has 0 aliphatic rings. The summed E-state index contributed by atoms with van der Waals surface area (Å²) in [7, 11) is 0. The molecule has 0 aliphatic heterocycles. The Kier molecular flexibility index (Phi) is 5.00. The van der Waals surface area contributed by atoms with Crippen molar-refractivity contribution >= 4 is 65.6 Å². The Labute approximate surface area is 258 Å². The van der Waals surface area contributed by atoms with Gasteiger partial charge in [-0.25, -0.2) is 0 Å². The Morgan fingerprint density at radius 2 is 1.00 bits per heavy atom. The zero-order valence-electron chi connectivity index (χ0n) is 24.3. The van der Waals surface area contributed by atoms with Crippen LogP contribution in [0, 0.1) is 0 Å². The summed E-state index contributed by atoms with van der Waals surface area (Å²) < 4.78 is 11.2. The maximum absolute atomic E-state index is 6.38. The number of hydrogen-bond donors (Lipinski definition) is 0. The molecule has 10 rings (SSSR count). The van der Waals surface area contributed by atoms with Gasteiger partial charge in [-0.15, -0.1) is 0 Å². The summed E-state index contributed by atoms with van der Waals surface area (Å²) in [5, 5.41) is 7.23. The molecule has 0 radical (unpaired) electrons. The van der Waals surface area contributed by atoms with E-state index in [1.54, 1.807) is 0 Å². The molecule has 0 N–H and O–H groups in total. The summed E-state index contributed by atoms with van der Waals surface area (Å²) in [6.45, 7) is 0. The Balaban J connectivity index is 1.38. The molecule has 7 aromatic carbocycles. The second-order valence-corrected chi connectivity index (χ2v) is 11.8. The van der Waals surface area contributed by atoms with Gasteiger partial charge in [0.2, 0.25) is 0 Å². The van der Waals surface area contributed by atoms with Crippen molar-refractivity contribution in [3.63, 3.8) is 0 Å². The molecule has 210 valence electrons. The van der Waals surface area contributed by atoms with E-state index in [0.29, 0.717) is 0 Å². The number of aromatic nitrogens is 2. The van der Waals surface area contributed by atoms with Gasteiger partial charge in [-0.05, 0) is 71.8 Å². The van der Waals surface area contributed by atoms with Gasteiger partial charge in [0.15, 0.2) is 0 Å². The molecule has 0 fully saturated rings. The first kappa shape index (κ1) is 24.4. The molecule has 0 atom stereocenters. The topological polar surface area (TPSA) is 23.0 Å². The third kappa shape index (κ3) is 3.46. The first-order valence-corrected chi connectivity index (χ1v) is 15.4. The van der Waals surface area contributed by atoms with Gasteiger partial charge >= 0.3 is 0 Å². The molecule has 0 spiro atoms. The van der Waals surface area contributed by atoms with Crippen molar-refractivity contribution in [1.82, 2.24) is 9.13 Å². The lowest BCUT2D eigenvalue weighted by Crippen LogP contribution is -1.96. The number of para-hydroxylation sites is 3. The maximum atomic E-state index is 6.38. The van der Waals surface area contributed by atoms with Gasteiger partial charge in [-0.3, -0.25) is 0 Å². The highest BCUT2D eigenvalue weighted by molar-refractivity contribution is 6.29. The second kappa shape index (κ2) is 9.22. The molecular formula is C42H26N2O. The highest BCUT2D eigenvalue weighted by atomic mass is 16.3. The van der Waals surface area contributed by atoms with E-state index in [-0.39, 0.29) is 0 Å². The minimum absolute atomic E-state index is 0.913. The summed E-state index contributed by atoms with van der Waals surface area (Å²) in [6, 6.07) is 56.5. The van der Waals surface area contributed by atoms with E-state index in [9.17, 15) is 0 Å². The standard InChI is InChI=1S/C42H26N2O/c1-3-12-27(13-4-1)28-14-11-17-30(24-28)44-35-20-9-7-18-31(35)33-25-34-38(26-37(33)44)43(29-15-5-2-6-16-29)36-22-23-40-42(41(34)36)32-19-8-10-21-39(32)45-40/h1-26H. The van der Waals surface area contributed by atoms with Crippen LogP contribution in [0.15, 0.2) is 162 Å². The van der Waals surface area contributed by atoms with Crippen molar-refractivity contribution in [3.05, 3.63) is 158 Å². The van der Waals surface area contributed by atoms with Gasteiger partial charge in [0.1, 0.15) is 11.2 Å². The van der Waals surface area contributed by atoms with Gasteiger partial charge in [0.05, 0.1) is 22.1 Å². The fourth-order valence-corrected chi connectivity index (χ4v) is 7.37. The Bertz CT molecular complexity index is 2740. The van der Waals surface area contributed by atoms with Crippen LogP contribution in [0.25, 0.3) is 88.1 Å². The fraction of sp³-hybridized carbons (Fsp3) is 0. The van der Waals surface area contributed by atoms with Crippen LogP contribution in [0.5, 0.6) is 0 Å². The second-order valence-electron chi connectivity index (χ2n) is 11.8. The van der Waals surface area contributed by atoms with Crippen molar-refractivity contribution < 1.29 is 4.42 Å². The summed E-state index contributed by atoms with van der Waals surface area (Å²) in [5.41, 5.74) is 11.2. The molecule has 3 heteroatoms. The van der Waals surface area contributed by atoms with E-state index in [2.05, 4.69) is 161 Å². The molecule has 0 saturated carbocycles. The summed E-state index contributed by atoms with van der Waals surface area (Å²) in [5.74, 6) is 0. The molecular weight excluding hydrogens is 548 g/mol. The normalized spacial score (nSPS) is 12.0. The number of rotatable bonds is 3. The van der Waals surface area contributed by atoms with Crippen molar-refractivity contribution in [2.45, 2.75) is 0 Å². The van der Waals surface area contributed by atoms with E-state index >= 15 is 0 Å². The van der Waals surface area contributed by atoms with Crippen molar-refractivity contribution in [2.24, 2.45) is 0 Å². The smallest absolute Gasteiger partial charge is 0.136 e. The monoisotopic (exact) mass is 574 g/mol. The third-order valence-corrected chi connectivity index (χ3v) is 9.29. The van der Waals surface area contributed by atoms with Crippen LogP contribution in [0.4, 0.5) is 0 Å². The summed E-state index contributed by atoms with van der Waals surface area (Å²) in [4.78, 5) is 0. The van der Waals surface area contributed by atoms with Gasteiger partial charge in [-0.1, -0.05) is 97.1 Å². The van der Waals surface area contributed by atoms with Crippen LogP contribution in [0.2, 0.25) is 0 Å². The number of benzene rings is 7. The molecule has 3 heterocycles. The lowest BCUT2D eigenvalue weighted by atomic mass is 10.0. The van der Waals surface area contributed by atoms with E-state index in [4.69, 9.17) is 4.42 Å². The van der Waals surface area contributed by atoms with Crippen molar-refractivity contribution in [1.29, 1.82) is 0 Å². The minimum atomic E-state index is 0.913. The number of furan rings is 1. The summed E-state index contributed by atoms with van der Waals surface area (Å²) in [6.07, 6.45) is 0. The predicted molar refractivity (Wildman–Crippen MR) is 188 cm³/mol. The lowest BCUT2D eigenvalue weighted by molar-refractivity contribution is 0.669. The molecule has 0 aliphatic carbocycles. The minimum Gasteiger partial charge on any atom is -0.456 e. The van der Waals surface area contributed by atoms with Crippen LogP contribution < -0.4 is 0 Å². The largest absolute Gasteiger partial charge is 0.456 e. The zero-order valence-corrected chi connectivity index (χ0v) is 24.3. The fourth-order valence-electron chi connectivity index (χ4n) is 7.37. The number of fused-ring (bicyclic) bond motifs is 10. The maximum Gasteiger partial charge on any atom is 0.136 e. The molecule has 0 bridgehead atoms. The number of hydrogen-bond acceptors (Lipinski definition) is 1. The Hall–Kier alpha value is -6.06. The van der Waals surface area contributed by atoms with E-state index in [1.807, 2.05) is 6.07 Å². The number of nitrogens with zero attached hydrogens (tertiary/aromatic N) is 2. The third-order valence-electron chi connectivity index (χ3n) is 9.29. The van der Waals surface area contributed by atoms with Gasteiger partial charge in [-0.2, -0.15) is 0 Å². The van der Waals surface area contributed by atoms with Gasteiger partial charge in [0.25, 0.3) is 0 Å². The van der Waals surface area contributed by atoms with E-state index < -0.39 is 0 Å². The summed E-state index contributed by atoms with van der Waals surface area (Å²) >= 11 is 0. The SMILES string of the molecule is c1ccc(-c2cccc(-n3c4ccccc4c4cc5c6c7c(ccc6n(-c6ccccc6)c5cc43)oc3ccccc37)c2)cc1. The lowest BCUT2D eigenvalue weighted by Gasteiger charge is -2.11. The van der Waals surface area contributed by atoms with Crippen LogP contribution in [0.1, 0.15) is 0 Å². The molecule has 0 unspecified atom stereocenters. The highest BCUT2D eigenvalue weighted by Crippen LogP contribution is 2.44. The van der Waals surface area contributed by atoms with E-state index in [0.717, 1.165) is 27.9 Å². The van der Waals surface area contributed by atoms with Crippen LogP contribution in [-0.2, 0) is 0 Å². The Morgan fingerprint density at radius 1 is 0.333 bits per heavy atom. The molecule has 0 amide bonds. The Morgan fingerprint density at radius 3 is 1.87 bits per heavy atom.